The molecule has 2 aromatic rings. The third-order valence-electron chi connectivity index (χ3n) is 2.59. The van der Waals surface area contributed by atoms with E-state index < -0.39 is 27.9 Å². The third kappa shape index (κ3) is 3.48. The summed E-state index contributed by atoms with van der Waals surface area (Å²) in [5.74, 6) is -2.09. The summed E-state index contributed by atoms with van der Waals surface area (Å²) in [7, 11) is 0. The van der Waals surface area contributed by atoms with E-state index >= 15 is 0 Å². The molecule has 0 aliphatic heterocycles. The molecule has 0 spiro atoms. The molecule has 0 atom stereocenters. The molecule has 112 valence electrons. The van der Waals surface area contributed by atoms with E-state index in [2.05, 4.69) is 15.6 Å². The van der Waals surface area contributed by atoms with E-state index in [4.69, 9.17) is 5.11 Å². The lowest BCUT2D eigenvalue weighted by Gasteiger charge is -2.06. The number of hydrogen-bond acceptors (Lipinski definition) is 6. The van der Waals surface area contributed by atoms with Crippen LogP contribution in [0.3, 0.4) is 0 Å². The van der Waals surface area contributed by atoms with Crippen LogP contribution in [0.1, 0.15) is 5.69 Å². The van der Waals surface area contributed by atoms with Crippen LogP contribution in [0.25, 0.3) is 0 Å². The largest absolute Gasteiger partial charge is 0.394 e. The van der Waals surface area contributed by atoms with Crippen molar-refractivity contribution in [1.82, 2.24) is 15.0 Å². The number of nitrogens with one attached hydrogen (secondary N) is 1. The Hall–Kier alpha value is -2.62. The fourth-order valence-electron chi connectivity index (χ4n) is 1.69. The molecule has 0 radical (unpaired) electrons. The molecule has 2 N–H and O–H groups in total. The Morgan fingerprint density at radius 3 is 2.86 bits per heavy atom. The predicted molar refractivity (Wildman–Crippen MR) is 67.4 cm³/mol. The van der Waals surface area contributed by atoms with Crippen molar-refractivity contribution in [2.24, 2.45) is 0 Å². The van der Waals surface area contributed by atoms with Gasteiger partial charge in [-0.15, -0.1) is 5.10 Å². The van der Waals surface area contributed by atoms with Gasteiger partial charge in [0.05, 0.1) is 36.9 Å². The van der Waals surface area contributed by atoms with E-state index in [0.717, 1.165) is 0 Å². The van der Waals surface area contributed by atoms with Crippen LogP contribution in [0, 0.1) is 21.7 Å². The van der Waals surface area contributed by atoms with Gasteiger partial charge in [0.2, 0.25) is 0 Å². The van der Waals surface area contributed by atoms with Gasteiger partial charge in [-0.25, -0.2) is 13.5 Å². The van der Waals surface area contributed by atoms with Crippen LogP contribution in [0.15, 0.2) is 18.3 Å². The van der Waals surface area contributed by atoms with Crippen molar-refractivity contribution in [2.45, 2.75) is 13.1 Å². The van der Waals surface area contributed by atoms with Crippen molar-refractivity contribution < 1.29 is 18.8 Å². The highest BCUT2D eigenvalue weighted by atomic mass is 19.1. The van der Waals surface area contributed by atoms with Crippen molar-refractivity contribution in [3.8, 4) is 0 Å². The number of nitrogens with zero attached hydrogens (tertiary/aromatic N) is 4. The topological polar surface area (TPSA) is 106 Å². The molecule has 0 aliphatic carbocycles. The molecular weight excluding hydrogens is 288 g/mol. The highest BCUT2D eigenvalue weighted by Gasteiger charge is 2.20. The Kier molecular flexibility index (Phi) is 4.38. The molecule has 0 amide bonds. The SMILES string of the molecule is O=[N+]([O-])c1cc(F)cc(F)c1NCc1cn(CCO)nn1. The van der Waals surface area contributed by atoms with Crippen molar-refractivity contribution in [3.63, 3.8) is 0 Å². The molecule has 0 saturated heterocycles. The fraction of sp³-hybridized carbons (Fsp3) is 0.273. The van der Waals surface area contributed by atoms with E-state index in [1.807, 2.05) is 0 Å². The lowest BCUT2D eigenvalue weighted by atomic mass is 10.2. The molecule has 0 fully saturated rings. The zero-order chi connectivity index (χ0) is 15.4. The summed E-state index contributed by atoms with van der Waals surface area (Å²) in [6.45, 7) is 0.0984. The molecule has 2 rings (SSSR count). The van der Waals surface area contributed by atoms with Gasteiger partial charge in [-0.2, -0.15) is 0 Å². The summed E-state index contributed by atoms with van der Waals surface area (Å²) in [6, 6.07) is 1.19. The second-order valence-electron chi connectivity index (χ2n) is 4.09. The van der Waals surface area contributed by atoms with Gasteiger partial charge >= 0.3 is 0 Å². The number of aliphatic hydroxyl groups excluding tert-OH is 1. The van der Waals surface area contributed by atoms with Crippen molar-refractivity contribution in [1.29, 1.82) is 0 Å². The number of nitro benzene ring substituents is 1. The summed E-state index contributed by atoms with van der Waals surface area (Å²) in [5, 5.41) is 29.5. The van der Waals surface area contributed by atoms with Crippen LogP contribution in [-0.4, -0.2) is 31.6 Å². The Balaban J connectivity index is 2.17. The Bertz CT molecular complexity index is 661. The van der Waals surface area contributed by atoms with Crippen LogP contribution < -0.4 is 5.32 Å². The molecule has 1 aromatic carbocycles. The maximum absolute atomic E-state index is 13.6. The normalized spacial score (nSPS) is 10.6. The predicted octanol–water partition coefficient (Wildman–Crippen LogP) is 1.07. The summed E-state index contributed by atoms with van der Waals surface area (Å²) < 4.78 is 28.0. The van der Waals surface area contributed by atoms with Crippen molar-refractivity contribution >= 4 is 11.4 Å². The third-order valence-corrected chi connectivity index (χ3v) is 2.59. The highest BCUT2D eigenvalue weighted by molar-refractivity contribution is 5.62. The average molecular weight is 299 g/mol. The molecule has 1 aromatic heterocycles. The van der Waals surface area contributed by atoms with Crippen LogP contribution in [0.5, 0.6) is 0 Å². The Labute approximate surface area is 117 Å². The fourth-order valence-corrected chi connectivity index (χ4v) is 1.69. The van der Waals surface area contributed by atoms with E-state index in [9.17, 15) is 18.9 Å². The zero-order valence-corrected chi connectivity index (χ0v) is 10.7. The van der Waals surface area contributed by atoms with Crippen molar-refractivity contribution in [3.05, 3.63) is 45.8 Å². The van der Waals surface area contributed by atoms with E-state index in [1.54, 1.807) is 0 Å². The van der Waals surface area contributed by atoms with Gasteiger partial charge in [-0.1, -0.05) is 5.21 Å². The number of aromatic nitrogens is 3. The monoisotopic (exact) mass is 299 g/mol. The first kappa shape index (κ1) is 14.8. The Morgan fingerprint density at radius 2 is 2.19 bits per heavy atom. The van der Waals surface area contributed by atoms with Crippen LogP contribution in [-0.2, 0) is 13.1 Å². The lowest BCUT2D eigenvalue weighted by molar-refractivity contribution is -0.384. The van der Waals surface area contributed by atoms with Gasteiger partial charge in [0.25, 0.3) is 5.69 Å². The summed E-state index contributed by atoms with van der Waals surface area (Å²) >= 11 is 0. The molecule has 10 heteroatoms. The van der Waals surface area contributed by atoms with Gasteiger partial charge < -0.3 is 10.4 Å². The van der Waals surface area contributed by atoms with Crippen LogP contribution >= 0.6 is 0 Å². The maximum atomic E-state index is 13.6. The second-order valence-corrected chi connectivity index (χ2v) is 4.09. The number of rotatable bonds is 6. The number of aliphatic hydroxyl groups is 1. The lowest BCUT2D eigenvalue weighted by Crippen LogP contribution is -2.06. The van der Waals surface area contributed by atoms with E-state index in [-0.39, 0.29) is 19.7 Å². The standard InChI is InChI=1S/C11H11F2N5O3/c12-7-3-9(13)11(10(4-7)18(20)21)14-5-8-6-17(1-2-19)16-15-8/h3-4,6,14,19H,1-2,5H2. The van der Waals surface area contributed by atoms with Gasteiger partial charge in [-0.05, 0) is 0 Å². The van der Waals surface area contributed by atoms with Gasteiger partial charge in [0, 0.05) is 6.07 Å². The van der Waals surface area contributed by atoms with Crippen LogP contribution in [0.4, 0.5) is 20.2 Å². The molecule has 21 heavy (non-hydrogen) atoms. The number of hydrogen-bond donors (Lipinski definition) is 2. The van der Waals surface area contributed by atoms with E-state index in [0.29, 0.717) is 17.8 Å². The average Bonchev–Trinajstić information content (AvgIpc) is 2.85. The molecule has 0 aliphatic rings. The minimum Gasteiger partial charge on any atom is -0.394 e. The summed E-state index contributed by atoms with van der Waals surface area (Å²) in [5.41, 5.74) is -0.727. The smallest absolute Gasteiger partial charge is 0.298 e. The molecule has 0 unspecified atom stereocenters. The molecule has 8 nitrogen and oxygen atoms in total. The minimum atomic E-state index is -1.07. The second kappa shape index (κ2) is 6.22. The Morgan fingerprint density at radius 1 is 1.43 bits per heavy atom. The molecule has 0 saturated carbocycles. The van der Waals surface area contributed by atoms with Crippen LogP contribution in [0.2, 0.25) is 0 Å². The number of nitro groups is 1. The maximum Gasteiger partial charge on any atom is 0.298 e. The number of halogens is 2. The quantitative estimate of drug-likeness (QED) is 0.610. The van der Waals surface area contributed by atoms with Crippen molar-refractivity contribution in [2.75, 3.05) is 11.9 Å². The first-order chi connectivity index (χ1) is 10.0. The van der Waals surface area contributed by atoms with Gasteiger partial charge in [0.1, 0.15) is 17.2 Å². The molecular formula is C11H11F2N5O3. The minimum absolute atomic E-state index is 0.0329. The summed E-state index contributed by atoms with van der Waals surface area (Å²) in [4.78, 5) is 9.92. The molecule has 0 bridgehead atoms. The highest BCUT2D eigenvalue weighted by Crippen LogP contribution is 2.28. The number of anilines is 1. The molecule has 1 heterocycles. The summed E-state index contributed by atoms with van der Waals surface area (Å²) in [6.07, 6.45) is 1.50. The van der Waals surface area contributed by atoms with E-state index in [1.165, 1.54) is 10.9 Å². The number of benzene rings is 1. The first-order valence-electron chi connectivity index (χ1n) is 5.88. The zero-order valence-electron chi connectivity index (χ0n) is 10.7. The first-order valence-corrected chi connectivity index (χ1v) is 5.88. The van der Waals surface area contributed by atoms with Gasteiger partial charge in [-0.3, -0.25) is 10.1 Å². The van der Waals surface area contributed by atoms with Gasteiger partial charge in [0.15, 0.2) is 5.82 Å².